The molecule has 0 saturated carbocycles. The maximum atomic E-state index is 12.6. The van der Waals surface area contributed by atoms with Gasteiger partial charge in [0.15, 0.2) is 0 Å². The number of benzene rings is 1. The van der Waals surface area contributed by atoms with Gasteiger partial charge in [0.1, 0.15) is 11.4 Å². The smallest absolute Gasteiger partial charge is 0.410 e. The van der Waals surface area contributed by atoms with Crippen LogP contribution >= 0.6 is 0 Å². The Bertz CT molecular complexity index is 660. The van der Waals surface area contributed by atoms with Crippen LogP contribution in [-0.2, 0) is 21.3 Å². The van der Waals surface area contributed by atoms with Gasteiger partial charge in [0.05, 0.1) is 23.6 Å². The minimum Gasteiger partial charge on any atom is -0.497 e. The third-order valence-corrected chi connectivity index (χ3v) is 6.08. The topological polar surface area (TPSA) is 67.9 Å². The van der Waals surface area contributed by atoms with Crippen molar-refractivity contribution in [2.75, 3.05) is 20.2 Å². The first-order valence-electron chi connectivity index (χ1n) is 9.37. The average molecular weight is 397 g/mol. The highest BCUT2D eigenvalue weighted by atomic mass is 32.2. The molecule has 1 aliphatic heterocycles. The lowest BCUT2D eigenvalue weighted by molar-refractivity contribution is 0.0158. The zero-order chi connectivity index (χ0) is 20.2. The number of carbonyl (C=O) groups excluding carboxylic acids is 1. The zero-order valence-corrected chi connectivity index (χ0v) is 18.0. The molecule has 27 heavy (non-hydrogen) atoms. The summed E-state index contributed by atoms with van der Waals surface area (Å²) in [5.74, 6) is 0.782. The van der Waals surface area contributed by atoms with Gasteiger partial charge in [-0.1, -0.05) is 12.1 Å². The molecule has 1 aromatic rings. The molecular formula is C20H32N2O4S. The molecule has 0 radical (unpaired) electrons. The van der Waals surface area contributed by atoms with Crippen molar-refractivity contribution in [3.05, 3.63) is 29.8 Å². The van der Waals surface area contributed by atoms with Crippen LogP contribution < -0.4 is 9.46 Å². The summed E-state index contributed by atoms with van der Waals surface area (Å²) in [6.45, 7) is 10.5. The third kappa shape index (κ3) is 5.69. The van der Waals surface area contributed by atoms with Crippen molar-refractivity contribution < 1.29 is 18.5 Å². The molecule has 152 valence electrons. The highest BCUT2D eigenvalue weighted by Gasteiger charge is 2.40. The molecule has 1 amide bonds. The van der Waals surface area contributed by atoms with Crippen molar-refractivity contribution >= 4 is 17.1 Å². The van der Waals surface area contributed by atoms with Crippen molar-refractivity contribution in [1.82, 2.24) is 9.62 Å². The highest BCUT2D eigenvalue weighted by molar-refractivity contribution is 7.83. The molecule has 0 aliphatic carbocycles. The van der Waals surface area contributed by atoms with Gasteiger partial charge in [-0.15, -0.1) is 0 Å². The monoisotopic (exact) mass is 396 g/mol. The number of nitrogens with one attached hydrogen (secondary N) is 1. The summed E-state index contributed by atoms with van der Waals surface area (Å²) in [4.78, 5) is 14.1. The largest absolute Gasteiger partial charge is 0.497 e. The van der Waals surface area contributed by atoms with Crippen LogP contribution in [0.25, 0.3) is 0 Å². The van der Waals surface area contributed by atoms with Gasteiger partial charge in [0.25, 0.3) is 0 Å². The molecule has 0 aromatic heterocycles. The average Bonchev–Trinajstić information content (AvgIpc) is 2.60. The number of nitrogens with zero attached hydrogens (tertiary/aromatic N) is 1. The molecule has 1 aliphatic rings. The Hall–Kier alpha value is -1.60. The van der Waals surface area contributed by atoms with Gasteiger partial charge in [0.2, 0.25) is 0 Å². The lowest BCUT2D eigenvalue weighted by Crippen LogP contribution is -2.54. The van der Waals surface area contributed by atoms with E-state index in [1.165, 1.54) is 0 Å². The molecule has 1 atom stereocenters. The van der Waals surface area contributed by atoms with Crippen molar-refractivity contribution in [3.63, 3.8) is 0 Å². The molecule has 2 rings (SSSR count). The van der Waals surface area contributed by atoms with E-state index in [2.05, 4.69) is 4.72 Å². The maximum Gasteiger partial charge on any atom is 0.410 e. The Kier molecular flexibility index (Phi) is 6.92. The molecule has 1 unspecified atom stereocenters. The Labute approximate surface area is 165 Å². The second-order valence-corrected chi connectivity index (χ2v) is 9.97. The molecule has 6 nitrogen and oxygen atoms in total. The van der Waals surface area contributed by atoms with E-state index < -0.39 is 22.1 Å². The Morgan fingerprint density at radius 1 is 1.19 bits per heavy atom. The minimum absolute atomic E-state index is 0.00371. The number of likely N-dealkylation sites (tertiary alicyclic amines) is 1. The van der Waals surface area contributed by atoms with Crippen LogP contribution in [0.4, 0.5) is 4.79 Å². The number of ether oxygens (including phenoxy) is 2. The molecular weight excluding hydrogens is 364 g/mol. The predicted molar refractivity (Wildman–Crippen MR) is 108 cm³/mol. The molecule has 0 bridgehead atoms. The van der Waals surface area contributed by atoms with E-state index in [9.17, 15) is 9.00 Å². The van der Waals surface area contributed by atoms with Gasteiger partial charge < -0.3 is 14.4 Å². The Balaban J connectivity index is 2.20. The summed E-state index contributed by atoms with van der Waals surface area (Å²) in [6, 6.07) is 7.84. The van der Waals surface area contributed by atoms with E-state index in [0.29, 0.717) is 25.9 Å². The number of amides is 1. The second kappa shape index (κ2) is 8.61. The Morgan fingerprint density at radius 2 is 1.74 bits per heavy atom. The Morgan fingerprint density at radius 3 is 2.19 bits per heavy atom. The van der Waals surface area contributed by atoms with Gasteiger partial charge >= 0.3 is 6.09 Å². The van der Waals surface area contributed by atoms with E-state index in [4.69, 9.17) is 9.47 Å². The van der Waals surface area contributed by atoms with Crippen LogP contribution in [0.15, 0.2) is 24.3 Å². The van der Waals surface area contributed by atoms with Gasteiger partial charge in [-0.05, 0) is 65.2 Å². The SMILES string of the molecule is COc1ccc(C2(NS(=O)C(C)C)CCN(C(=O)OC(C)(C)C)CC2)cc1. The lowest BCUT2D eigenvalue weighted by Gasteiger charge is -2.43. The van der Waals surface area contributed by atoms with E-state index >= 15 is 0 Å². The fourth-order valence-corrected chi connectivity index (χ4v) is 4.01. The van der Waals surface area contributed by atoms with Crippen molar-refractivity contribution in [3.8, 4) is 5.75 Å². The molecule has 1 heterocycles. The molecule has 7 heteroatoms. The van der Waals surface area contributed by atoms with E-state index in [0.717, 1.165) is 11.3 Å². The summed E-state index contributed by atoms with van der Waals surface area (Å²) in [5.41, 5.74) is 0.0972. The van der Waals surface area contributed by atoms with Crippen molar-refractivity contribution in [2.24, 2.45) is 0 Å². The first kappa shape index (κ1) is 21.7. The molecule has 0 spiro atoms. The quantitative estimate of drug-likeness (QED) is 0.826. The van der Waals surface area contributed by atoms with Crippen LogP contribution in [0.2, 0.25) is 0 Å². The first-order valence-corrected chi connectivity index (χ1v) is 10.6. The van der Waals surface area contributed by atoms with Crippen LogP contribution in [0, 0.1) is 0 Å². The maximum absolute atomic E-state index is 12.6. The number of piperidine rings is 1. The summed E-state index contributed by atoms with van der Waals surface area (Å²) < 4.78 is 26.7. The first-order chi connectivity index (χ1) is 12.6. The minimum atomic E-state index is -1.17. The van der Waals surface area contributed by atoms with Gasteiger partial charge in [-0.25, -0.2) is 13.7 Å². The van der Waals surface area contributed by atoms with E-state index in [1.807, 2.05) is 58.9 Å². The third-order valence-electron chi connectivity index (χ3n) is 4.64. The molecule has 1 aromatic carbocycles. The van der Waals surface area contributed by atoms with Crippen LogP contribution in [0.3, 0.4) is 0 Å². The van der Waals surface area contributed by atoms with E-state index in [1.54, 1.807) is 12.0 Å². The standard InChI is InChI=1S/C20H32N2O4S/c1-15(2)27(24)21-20(16-7-9-17(25-6)10-8-16)11-13-22(14-12-20)18(23)26-19(3,4)5/h7-10,15,21H,11-14H2,1-6H3. The van der Waals surface area contributed by atoms with Crippen molar-refractivity contribution in [1.29, 1.82) is 0 Å². The van der Waals surface area contributed by atoms with Crippen molar-refractivity contribution in [2.45, 2.75) is 63.9 Å². The number of hydrogen-bond acceptors (Lipinski definition) is 4. The molecule has 1 N–H and O–H groups in total. The lowest BCUT2D eigenvalue weighted by atomic mass is 9.82. The molecule has 1 saturated heterocycles. The summed E-state index contributed by atoms with van der Waals surface area (Å²) in [5, 5.41) is 0.00371. The summed E-state index contributed by atoms with van der Waals surface area (Å²) >= 11 is 0. The van der Waals surface area contributed by atoms with Gasteiger partial charge in [-0.2, -0.15) is 0 Å². The fraction of sp³-hybridized carbons (Fsp3) is 0.650. The number of hydrogen-bond donors (Lipinski definition) is 1. The fourth-order valence-electron chi connectivity index (χ4n) is 3.07. The van der Waals surface area contributed by atoms with Crippen LogP contribution in [0.1, 0.15) is 53.0 Å². The van der Waals surface area contributed by atoms with E-state index in [-0.39, 0.29) is 11.3 Å². The van der Waals surface area contributed by atoms with Gasteiger partial charge in [0, 0.05) is 18.3 Å². The predicted octanol–water partition coefficient (Wildman–Crippen LogP) is 3.58. The molecule has 1 fully saturated rings. The summed E-state index contributed by atoms with van der Waals surface area (Å²) in [6.07, 6.45) is 1.03. The number of carbonyl (C=O) groups is 1. The highest BCUT2D eigenvalue weighted by Crippen LogP contribution is 2.35. The normalized spacial score (nSPS) is 18.3. The zero-order valence-electron chi connectivity index (χ0n) is 17.2. The summed E-state index contributed by atoms with van der Waals surface area (Å²) in [7, 11) is 0.465. The van der Waals surface area contributed by atoms with Gasteiger partial charge in [-0.3, -0.25) is 0 Å². The second-order valence-electron chi connectivity index (χ2n) is 8.23. The number of methoxy groups -OCH3 is 1. The number of rotatable bonds is 5. The van der Waals surface area contributed by atoms with Crippen LogP contribution in [0.5, 0.6) is 5.75 Å². The van der Waals surface area contributed by atoms with Crippen LogP contribution in [-0.4, -0.2) is 46.3 Å².